The molecule has 0 spiro atoms. The molecule has 0 bridgehead atoms. The summed E-state index contributed by atoms with van der Waals surface area (Å²) in [5.41, 5.74) is 2.88. The van der Waals surface area contributed by atoms with Crippen LogP contribution in [-0.4, -0.2) is 24.0 Å². The molecule has 1 aromatic heterocycles. The summed E-state index contributed by atoms with van der Waals surface area (Å²) >= 11 is 0. The van der Waals surface area contributed by atoms with Crippen LogP contribution < -0.4 is 10.9 Å². The zero-order chi connectivity index (χ0) is 17.8. The number of carbonyl (C=O) groups excluding carboxylic acids is 1. The number of nitrogens with one attached hydrogen (secondary N) is 2. The van der Waals surface area contributed by atoms with Crippen LogP contribution in [0, 0.1) is 19.8 Å². The lowest BCUT2D eigenvalue weighted by Crippen LogP contribution is -2.37. The molecule has 2 heterocycles. The second-order valence-electron chi connectivity index (χ2n) is 6.70. The number of ether oxygens (including phenoxy) is 1. The summed E-state index contributed by atoms with van der Waals surface area (Å²) in [6.45, 7) is 5.07. The lowest BCUT2D eigenvalue weighted by molar-refractivity contribution is -0.0272. The van der Waals surface area contributed by atoms with Crippen LogP contribution in [0.25, 0.3) is 0 Å². The molecule has 5 nitrogen and oxygen atoms in total. The highest BCUT2D eigenvalue weighted by Crippen LogP contribution is 2.33. The van der Waals surface area contributed by atoms with Crippen LogP contribution in [-0.2, 0) is 4.74 Å². The molecule has 2 N–H and O–H groups in total. The van der Waals surface area contributed by atoms with E-state index in [0.717, 1.165) is 30.7 Å². The second kappa shape index (κ2) is 7.66. The normalized spacial score (nSPS) is 20.2. The number of hydrogen-bond donors (Lipinski definition) is 2. The minimum Gasteiger partial charge on any atom is -0.373 e. The fraction of sp³-hybridized carbons (Fsp3) is 0.400. The molecule has 1 fully saturated rings. The molecule has 25 heavy (non-hydrogen) atoms. The van der Waals surface area contributed by atoms with Crippen molar-refractivity contribution >= 4 is 5.91 Å². The van der Waals surface area contributed by atoms with Crippen LogP contribution in [0.4, 0.5) is 0 Å². The van der Waals surface area contributed by atoms with Gasteiger partial charge in [-0.2, -0.15) is 0 Å². The predicted octanol–water partition coefficient (Wildman–Crippen LogP) is 2.89. The summed E-state index contributed by atoms with van der Waals surface area (Å²) in [6, 6.07) is 11.6. The first-order valence-corrected chi connectivity index (χ1v) is 8.71. The Morgan fingerprint density at radius 1 is 1.20 bits per heavy atom. The monoisotopic (exact) mass is 340 g/mol. The highest BCUT2D eigenvalue weighted by molar-refractivity contribution is 5.93. The van der Waals surface area contributed by atoms with E-state index in [1.165, 1.54) is 5.56 Å². The van der Waals surface area contributed by atoms with E-state index in [9.17, 15) is 9.59 Å². The third kappa shape index (κ3) is 4.17. The summed E-state index contributed by atoms with van der Waals surface area (Å²) in [5, 5.41) is 2.90. The first-order valence-electron chi connectivity index (χ1n) is 8.71. The number of aromatic amines is 1. The Bertz CT molecular complexity index is 795. The number of aryl methyl sites for hydroxylation is 2. The molecular weight excluding hydrogens is 316 g/mol. The maximum absolute atomic E-state index is 12.3. The summed E-state index contributed by atoms with van der Waals surface area (Å²) in [5.74, 6) is -0.139. The van der Waals surface area contributed by atoms with Gasteiger partial charge in [-0.3, -0.25) is 9.59 Å². The smallest absolute Gasteiger partial charge is 0.260 e. The lowest BCUT2D eigenvalue weighted by Gasteiger charge is -2.32. The standard InChI is InChI=1S/C20H24N2O3/c1-13-5-8-15(9-6-13)18-16(4-3-11-25-18)12-21-19(23)17-10-7-14(2)22-20(17)24/h5-10,16,18H,3-4,11-12H2,1-2H3,(H,21,23)(H,22,24)/t16-,18-/m1/s1. The maximum Gasteiger partial charge on any atom is 0.260 e. The van der Waals surface area contributed by atoms with Gasteiger partial charge in [-0.25, -0.2) is 0 Å². The van der Waals surface area contributed by atoms with Gasteiger partial charge >= 0.3 is 0 Å². The largest absolute Gasteiger partial charge is 0.373 e. The number of aromatic nitrogens is 1. The Labute approximate surface area is 147 Å². The first-order chi connectivity index (χ1) is 12.0. The van der Waals surface area contributed by atoms with Gasteiger partial charge < -0.3 is 15.0 Å². The SMILES string of the molecule is Cc1ccc([C@H]2OCCC[C@@H]2CNC(=O)c2ccc(C)[nH]c2=O)cc1. The molecule has 2 atom stereocenters. The molecule has 0 aliphatic carbocycles. The van der Waals surface area contributed by atoms with Gasteiger partial charge in [0.25, 0.3) is 11.5 Å². The van der Waals surface area contributed by atoms with Crippen LogP contribution in [0.3, 0.4) is 0 Å². The number of rotatable bonds is 4. The van der Waals surface area contributed by atoms with E-state index in [0.29, 0.717) is 6.54 Å². The highest BCUT2D eigenvalue weighted by Gasteiger charge is 2.28. The van der Waals surface area contributed by atoms with E-state index in [1.54, 1.807) is 19.1 Å². The van der Waals surface area contributed by atoms with Gasteiger partial charge in [0.2, 0.25) is 0 Å². The van der Waals surface area contributed by atoms with Crippen molar-refractivity contribution in [3.05, 3.63) is 69.1 Å². The number of pyridine rings is 1. The van der Waals surface area contributed by atoms with Gasteiger partial charge in [-0.1, -0.05) is 29.8 Å². The number of carbonyl (C=O) groups is 1. The van der Waals surface area contributed by atoms with Crippen molar-refractivity contribution in [2.75, 3.05) is 13.2 Å². The van der Waals surface area contributed by atoms with Crippen molar-refractivity contribution < 1.29 is 9.53 Å². The molecule has 1 amide bonds. The van der Waals surface area contributed by atoms with E-state index < -0.39 is 0 Å². The van der Waals surface area contributed by atoms with Gasteiger partial charge in [0.1, 0.15) is 5.56 Å². The van der Waals surface area contributed by atoms with Crippen LogP contribution in [0.5, 0.6) is 0 Å². The van der Waals surface area contributed by atoms with E-state index in [-0.39, 0.29) is 29.1 Å². The Hall–Kier alpha value is -2.40. The van der Waals surface area contributed by atoms with Gasteiger partial charge in [-0.15, -0.1) is 0 Å². The van der Waals surface area contributed by atoms with E-state index in [2.05, 4.69) is 41.5 Å². The zero-order valence-corrected chi connectivity index (χ0v) is 14.7. The maximum atomic E-state index is 12.3. The van der Waals surface area contributed by atoms with Crippen molar-refractivity contribution in [3.8, 4) is 0 Å². The average molecular weight is 340 g/mol. The van der Waals surface area contributed by atoms with Gasteiger partial charge in [-0.05, 0) is 44.4 Å². The minimum absolute atomic E-state index is 0.0223. The van der Waals surface area contributed by atoms with Crippen LogP contribution in [0.15, 0.2) is 41.2 Å². The predicted molar refractivity (Wildman–Crippen MR) is 96.7 cm³/mol. The second-order valence-corrected chi connectivity index (χ2v) is 6.70. The molecule has 1 aliphatic heterocycles. The quantitative estimate of drug-likeness (QED) is 0.899. The minimum atomic E-state index is -0.354. The van der Waals surface area contributed by atoms with Crippen LogP contribution >= 0.6 is 0 Å². The van der Waals surface area contributed by atoms with Crippen molar-refractivity contribution in [3.63, 3.8) is 0 Å². The first kappa shape index (κ1) is 17.4. The summed E-state index contributed by atoms with van der Waals surface area (Å²) in [4.78, 5) is 26.9. The summed E-state index contributed by atoms with van der Waals surface area (Å²) < 4.78 is 5.97. The zero-order valence-electron chi connectivity index (χ0n) is 14.7. The molecule has 1 aromatic carbocycles. The third-order valence-electron chi connectivity index (χ3n) is 4.68. The van der Waals surface area contributed by atoms with Gasteiger partial charge in [0.15, 0.2) is 0 Å². The fourth-order valence-electron chi connectivity index (χ4n) is 3.25. The Balaban J connectivity index is 1.68. The highest BCUT2D eigenvalue weighted by atomic mass is 16.5. The third-order valence-corrected chi connectivity index (χ3v) is 4.68. The Morgan fingerprint density at radius 2 is 1.96 bits per heavy atom. The molecule has 2 aromatic rings. The molecule has 3 rings (SSSR count). The Morgan fingerprint density at radius 3 is 2.68 bits per heavy atom. The molecule has 132 valence electrons. The lowest BCUT2D eigenvalue weighted by atomic mass is 9.89. The molecule has 0 saturated carbocycles. The van der Waals surface area contributed by atoms with Crippen molar-refractivity contribution in [1.82, 2.24) is 10.3 Å². The van der Waals surface area contributed by atoms with E-state index >= 15 is 0 Å². The average Bonchev–Trinajstić information content (AvgIpc) is 2.61. The number of hydrogen-bond acceptors (Lipinski definition) is 3. The molecule has 0 unspecified atom stereocenters. The van der Waals surface area contributed by atoms with Gasteiger partial charge in [0.05, 0.1) is 6.10 Å². The molecular formula is C20H24N2O3. The van der Waals surface area contributed by atoms with Gasteiger partial charge in [0, 0.05) is 24.8 Å². The fourth-order valence-corrected chi connectivity index (χ4v) is 3.25. The molecule has 1 aliphatic rings. The van der Waals surface area contributed by atoms with Crippen LogP contribution in [0.1, 0.15) is 46.1 Å². The summed E-state index contributed by atoms with van der Waals surface area (Å²) in [7, 11) is 0. The molecule has 5 heteroatoms. The van der Waals surface area contributed by atoms with Crippen molar-refractivity contribution in [1.29, 1.82) is 0 Å². The summed E-state index contributed by atoms with van der Waals surface area (Å²) in [6.07, 6.45) is 1.95. The Kier molecular flexibility index (Phi) is 5.34. The van der Waals surface area contributed by atoms with Crippen molar-refractivity contribution in [2.45, 2.75) is 32.8 Å². The van der Waals surface area contributed by atoms with Crippen molar-refractivity contribution in [2.24, 2.45) is 5.92 Å². The molecule has 0 radical (unpaired) electrons. The topological polar surface area (TPSA) is 71.2 Å². The number of benzene rings is 1. The number of amides is 1. The molecule has 1 saturated heterocycles. The van der Waals surface area contributed by atoms with E-state index in [1.807, 2.05) is 0 Å². The number of H-pyrrole nitrogens is 1. The van der Waals surface area contributed by atoms with E-state index in [4.69, 9.17) is 4.74 Å². The van der Waals surface area contributed by atoms with Crippen LogP contribution in [0.2, 0.25) is 0 Å².